The van der Waals surface area contributed by atoms with Gasteiger partial charge in [0.1, 0.15) is 12.8 Å². The highest BCUT2D eigenvalue weighted by molar-refractivity contribution is 6.80. The lowest BCUT2D eigenvalue weighted by Crippen LogP contribution is -2.66. The van der Waals surface area contributed by atoms with Crippen LogP contribution in [0.15, 0.2) is 91.0 Å². The minimum Gasteiger partial charge on any atom is -0.444 e. The summed E-state index contributed by atoms with van der Waals surface area (Å²) in [6.07, 6.45) is -0.630. The summed E-state index contributed by atoms with van der Waals surface area (Å²) in [7, 11) is -1.53. The van der Waals surface area contributed by atoms with Crippen LogP contribution >= 0.6 is 0 Å². The molecule has 4 nitrogen and oxygen atoms in total. The quantitative estimate of drug-likeness (QED) is 0.527. The maximum absolute atomic E-state index is 13.0. The minimum atomic E-state index is -1.53. The van der Waals surface area contributed by atoms with Crippen molar-refractivity contribution >= 4 is 25.5 Å². The standard InChI is InChI=1S/C27H30NO3Si/c1-27(2,3)24-19-28(26(29)30-20-21-13-7-4-8-14-21)25(24)31-32(22-15-9-5-10-16-22)23-17-11-6-12-18-23/h4-18,24-25H,19-20H2,1-3H3. The Morgan fingerprint density at radius 2 is 1.38 bits per heavy atom. The van der Waals surface area contributed by atoms with Crippen molar-refractivity contribution in [3.63, 3.8) is 0 Å². The fourth-order valence-corrected chi connectivity index (χ4v) is 6.04. The highest BCUT2D eigenvalue weighted by Gasteiger charge is 2.50. The van der Waals surface area contributed by atoms with Crippen molar-refractivity contribution in [3.05, 3.63) is 96.6 Å². The van der Waals surface area contributed by atoms with Gasteiger partial charge in [-0.3, -0.25) is 4.90 Å². The van der Waals surface area contributed by atoms with Crippen LogP contribution in [-0.4, -0.2) is 32.8 Å². The molecule has 3 aromatic rings. The predicted molar refractivity (Wildman–Crippen MR) is 129 cm³/mol. The van der Waals surface area contributed by atoms with Crippen LogP contribution in [0.4, 0.5) is 4.79 Å². The predicted octanol–water partition coefficient (Wildman–Crippen LogP) is 4.45. The van der Waals surface area contributed by atoms with Gasteiger partial charge in [-0.15, -0.1) is 0 Å². The van der Waals surface area contributed by atoms with E-state index in [1.807, 2.05) is 66.7 Å². The van der Waals surface area contributed by atoms with Gasteiger partial charge in [0, 0.05) is 12.5 Å². The molecule has 5 heteroatoms. The average molecular weight is 445 g/mol. The third-order valence-corrected chi connectivity index (χ3v) is 8.10. The van der Waals surface area contributed by atoms with E-state index in [-0.39, 0.29) is 30.3 Å². The molecule has 2 unspecified atom stereocenters. The molecule has 1 fully saturated rings. The zero-order chi connectivity index (χ0) is 22.6. The number of likely N-dealkylation sites (tertiary alicyclic amines) is 1. The third kappa shape index (κ3) is 5.11. The summed E-state index contributed by atoms with van der Waals surface area (Å²) in [5.41, 5.74) is 0.992. The highest BCUT2D eigenvalue weighted by atomic mass is 28.3. The Kier molecular flexibility index (Phi) is 6.77. The van der Waals surface area contributed by atoms with Crippen molar-refractivity contribution < 1.29 is 14.0 Å². The summed E-state index contributed by atoms with van der Waals surface area (Å²) in [6, 6.07) is 30.4. The number of ether oxygens (including phenoxy) is 1. The summed E-state index contributed by atoms with van der Waals surface area (Å²) < 4.78 is 12.4. The Hall–Kier alpha value is -2.89. The van der Waals surface area contributed by atoms with Gasteiger partial charge in [-0.05, 0) is 21.4 Å². The number of rotatable bonds is 6. The van der Waals surface area contributed by atoms with E-state index >= 15 is 0 Å². The van der Waals surface area contributed by atoms with Gasteiger partial charge in [0.25, 0.3) is 9.04 Å². The fourth-order valence-electron chi connectivity index (χ4n) is 3.92. The van der Waals surface area contributed by atoms with Crippen LogP contribution in [0.25, 0.3) is 0 Å². The van der Waals surface area contributed by atoms with Crippen molar-refractivity contribution in [2.75, 3.05) is 6.54 Å². The van der Waals surface area contributed by atoms with Crippen molar-refractivity contribution in [1.29, 1.82) is 0 Å². The summed E-state index contributed by atoms with van der Waals surface area (Å²) in [5, 5.41) is 2.33. The summed E-state index contributed by atoms with van der Waals surface area (Å²) in [5.74, 6) is 0.235. The first-order valence-electron chi connectivity index (χ1n) is 11.1. The van der Waals surface area contributed by atoms with Crippen LogP contribution in [-0.2, 0) is 15.8 Å². The van der Waals surface area contributed by atoms with Gasteiger partial charge in [-0.1, -0.05) is 112 Å². The first-order chi connectivity index (χ1) is 15.4. The van der Waals surface area contributed by atoms with E-state index in [0.717, 1.165) is 5.56 Å². The van der Waals surface area contributed by atoms with E-state index in [2.05, 4.69) is 45.0 Å². The number of carbonyl (C=O) groups is 1. The Labute approximate surface area is 192 Å². The van der Waals surface area contributed by atoms with Crippen molar-refractivity contribution in [1.82, 2.24) is 4.90 Å². The maximum Gasteiger partial charge on any atom is 0.412 e. The molecule has 0 spiro atoms. The summed E-state index contributed by atoms with van der Waals surface area (Å²) in [6.45, 7) is 7.52. The van der Waals surface area contributed by atoms with E-state index in [0.29, 0.717) is 6.54 Å². The molecule has 1 heterocycles. The topological polar surface area (TPSA) is 38.8 Å². The van der Waals surface area contributed by atoms with E-state index in [9.17, 15) is 4.79 Å². The molecule has 0 aliphatic carbocycles. The summed E-state index contributed by atoms with van der Waals surface area (Å²) >= 11 is 0. The fraction of sp³-hybridized carbons (Fsp3) is 0.296. The normalized spacial score (nSPS) is 18.3. The monoisotopic (exact) mass is 444 g/mol. The molecule has 1 radical (unpaired) electrons. The number of carbonyl (C=O) groups excluding carboxylic acids is 1. The molecule has 0 bridgehead atoms. The molecule has 1 aliphatic rings. The Balaban J connectivity index is 1.55. The smallest absolute Gasteiger partial charge is 0.412 e. The summed E-state index contributed by atoms with van der Waals surface area (Å²) in [4.78, 5) is 14.7. The van der Waals surface area contributed by atoms with Crippen molar-refractivity contribution in [3.8, 4) is 0 Å². The molecule has 3 aromatic carbocycles. The van der Waals surface area contributed by atoms with Gasteiger partial charge in [0.05, 0.1) is 0 Å². The molecule has 2 atom stereocenters. The number of hydrogen-bond donors (Lipinski definition) is 0. The van der Waals surface area contributed by atoms with E-state index < -0.39 is 9.04 Å². The third-order valence-electron chi connectivity index (χ3n) is 5.91. The maximum atomic E-state index is 13.0. The number of amides is 1. The lowest BCUT2D eigenvalue weighted by molar-refractivity contribution is -0.135. The number of benzene rings is 3. The van der Waals surface area contributed by atoms with Crippen LogP contribution in [0, 0.1) is 11.3 Å². The SMILES string of the molecule is CC(C)(C)C1CN(C(=O)OCc2ccccc2)C1O[Si](c1ccccc1)c1ccccc1. The molecule has 1 saturated heterocycles. The molecule has 165 valence electrons. The second-order valence-corrected chi connectivity index (χ2v) is 11.3. The number of hydrogen-bond acceptors (Lipinski definition) is 3. The molecule has 0 N–H and O–H groups in total. The van der Waals surface area contributed by atoms with Crippen LogP contribution in [0.5, 0.6) is 0 Å². The van der Waals surface area contributed by atoms with Gasteiger partial charge in [0.15, 0.2) is 0 Å². The second kappa shape index (κ2) is 9.71. The first kappa shape index (κ1) is 22.3. The average Bonchev–Trinajstić information content (AvgIpc) is 2.78. The molecule has 0 saturated carbocycles. The molecule has 4 rings (SSSR count). The van der Waals surface area contributed by atoms with Crippen molar-refractivity contribution in [2.24, 2.45) is 11.3 Å². The lowest BCUT2D eigenvalue weighted by atomic mass is 9.74. The zero-order valence-corrected chi connectivity index (χ0v) is 19.9. The van der Waals surface area contributed by atoms with Crippen LogP contribution in [0.3, 0.4) is 0 Å². The van der Waals surface area contributed by atoms with Gasteiger partial charge in [0.2, 0.25) is 0 Å². The Bertz CT molecular complexity index is 966. The lowest BCUT2D eigenvalue weighted by Gasteiger charge is -2.53. The molecular formula is C27H30NO3Si. The second-order valence-electron chi connectivity index (χ2n) is 9.23. The highest BCUT2D eigenvalue weighted by Crippen LogP contribution is 2.40. The van der Waals surface area contributed by atoms with Crippen molar-refractivity contribution in [2.45, 2.75) is 33.6 Å². The molecule has 0 aromatic heterocycles. The van der Waals surface area contributed by atoms with Crippen LogP contribution < -0.4 is 10.4 Å². The minimum absolute atomic E-state index is 0.0151. The van der Waals surface area contributed by atoms with Crippen LogP contribution in [0.2, 0.25) is 0 Å². The zero-order valence-electron chi connectivity index (χ0n) is 18.9. The number of nitrogens with zero attached hydrogens (tertiary/aromatic N) is 1. The van der Waals surface area contributed by atoms with E-state index in [4.69, 9.17) is 9.16 Å². The van der Waals surface area contributed by atoms with Gasteiger partial charge in [-0.2, -0.15) is 0 Å². The van der Waals surface area contributed by atoms with E-state index in [1.54, 1.807) is 4.90 Å². The van der Waals surface area contributed by atoms with Gasteiger partial charge >= 0.3 is 6.09 Å². The first-order valence-corrected chi connectivity index (χ1v) is 12.5. The molecular weight excluding hydrogens is 414 g/mol. The Morgan fingerprint density at radius 3 is 1.88 bits per heavy atom. The molecule has 1 aliphatic heterocycles. The van der Waals surface area contributed by atoms with Gasteiger partial charge < -0.3 is 9.16 Å². The molecule has 1 amide bonds. The largest absolute Gasteiger partial charge is 0.444 e. The van der Waals surface area contributed by atoms with Gasteiger partial charge in [-0.25, -0.2) is 4.79 Å². The van der Waals surface area contributed by atoms with E-state index in [1.165, 1.54) is 10.4 Å². The van der Waals surface area contributed by atoms with Crippen LogP contribution in [0.1, 0.15) is 26.3 Å². The Morgan fingerprint density at radius 1 is 0.875 bits per heavy atom. The molecule has 32 heavy (non-hydrogen) atoms.